The maximum atomic E-state index is 12.7. The summed E-state index contributed by atoms with van der Waals surface area (Å²) in [5.74, 6) is -0.346. The van der Waals surface area contributed by atoms with Crippen LogP contribution in [0.3, 0.4) is 0 Å². The van der Waals surface area contributed by atoms with Crippen molar-refractivity contribution >= 4 is 21.8 Å². The van der Waals surface area contributed by atoms with Gasteiger partial charge in [0.25, 0.3) is 0 Å². The normalized spacial score (nSPS) is 20.9. The van der Waals surface area contributed by atoms with Gasteiger partial charge < -0.3 is 4.74 Å². The van der Waals surface area contributed by atoms with E-state index >= 15 is 0 Å². The maximum absolute atomic E-state index is 12.7. The Bertz CT molecular complexity index is 814. The van der Waals surface area contributed by atoms with Crippen molar-refractivity contribution in [1.29, 1.82) is 0 Å². The number of hydrogen-bond acceptors (Lipinski definition) is 6. The molecule has 0 amide bonds. The molecule has 2 rings (SSSR count). The van der Waals surface area contributed by atoms with E-state index in [4.69, 9.17) is 9.02 Å². The fourth-order valence-corrected chi connectivity index (χ4v) is 4.24. The maximum Gasteiger partial charge on any atom is 0.358 e. The van der Waals surface area contributed by atoms with Crippen molar-refractivity contribution in [2.45, 2.75) is 63.7 Å². The number of unbranched alkanes of at least 4 members (excludes halogenated alkanes) is 2. The molecule has 28 heavy (non-hydrogen) atoms. The van der Waals surface area contributed by atoms with Gasteiger partial charge in [-0.05, 0) is 64.5 Å². The van der Waals surface area contributed by atoms with Gasteiger partial charge in [0.05, 0.1) is 12.3 Å². The summed E-state index contributed by atoms with van der Waals surface area (Å²) in [5, 5.41) is 3.96. The van der Waals surface area contributed by atoms with Crippen LogP contribution in [0.15, 0.2) is 47.0 Å². The summed E-state index contributed by atoms with van der Waals surface area (Å²) in [6.07, 6.45) is 6.83. The molecule has 0 unspecified atom stereocenters. The van der Waals surface area contributed by atoms with Gasteiger partial charge in [0.2, 0.25) is 0 Å². The molecule has 0 aliphatic heterocycles. The lowest BCUT2D eigenvalue weighted by atomic mass is 9.79. The number of carbonyl (C=O) groups excluding carboxylic acids is 1. The van der Waals surface area contributed by atoms with Crippen LogP contribution in [-0.2, 0) is 23.9 Å². The lowest BCUT2D eigenvalue weighted by molar-refractivity contribution is -0.151. The first kappa shape index (κ1) is 22.1. The predicted molar refractivity (Wildman–Crippen MR) is 108 cm³/mol. The van der Waals surface area contributed by atoms with Crippen molar-refractivity contribution in [2.75, 3.05) is 6.61 Å². The van der Waals surface area contributed by atoms with Gasteiger partial charge in [0.1, 0.15) is 10.3 Å². The first-order valence-electron chi connectivity index (χ1n) is 9.71. The molecule has 1 aromatic carbocycles. The van der Waals surface area contributed by atoms with Crippen molar-refractivity contribution < 1.29 is 22.2 Å². The zero-order valence-electron chi connectivity index (χ0n) is 16.6. The average Bonchev–Trinajstić information content (AvgIpc) is 3.08. The lowest BCUT2D eigenvalue weighted by Gasteiger charge is -2.27. The second-order valence-electron chi connectivity index (χ2n) is 7.07. The molecule has 1 atom stereocenters. The highest BCUT2D eigenvalue weighted by Gasteiger charge is 2.48. The molecule has 1 aromatic rings. The van der Waals surface area contributed by atoms with Crippen LogP contribution in [0.5, 0.6) is 0 Å². The Morgan fingerprint density at radius 1 is 1.29 bits per heavy atom. The Morgan fingerprint density at radius 3 is 2.64 bits per heavy atom. The Balaban J connectivity index is 2.24. The average molecular weight is 408 g/mol. The SMILES string of the molecule is C=CCCCC[C@]1(C(=O)OCC)CCC/C1=N\OS(=O)(=O)c1ccc(C)cc1. The summed E-state index contributed by atoms with van der Waals surface area (Å²) in [5.41, 5.74) is 0.502. The molecule has 1 fully saturated rings. The summed E-state index contributed by atoms with van der Waals surface area (Å²) in [7, 11) is -4.03. The molecule has 0 bridgehead atoms. The summed E-state index contributed by atoms with van der Waals surface area (Å²) >= 11 is 0. The number of oxime groups is 1. The Morgan fingerprint density at radius 2 is 2.00 bits per heavy atom. The molecule has 7 heteroatoms. The number of benzene rings is 1. The Kier molecular flexibility index (Phi) is 7.80. The van der Waals surface area contributed by atoms with E-state index in [0.717, 1.165) is 31.2 Å². The van der Waals surface area contributed by atoms with E-state index in [1.165, 1.54) is 12.1 Å². The van der Waals surface area contributed by atoms with Crippen LogP contribution < -0.4 is 0 Å². The Labute approximate surface area is 167 Å². The van der Waals surface area contributed by atoms with Gasteiger partial charge in [-0.15, -0.1) is 6.58 Å². The molecule has 1 aliphatic carbocycles. The van der Waals surface area contributed by atoms with Crippen molar-refractivity contribution in [3.8, 4) is 0 Å². The van der Waals surface area contributed by atoms with Gasteiger partial charge in [-0.1, -0.05) is 35.3 Å². The van der Waals surface area contributed by atoms with Gasteiger partial charge in [-0.2, -0.15) is 8.42 Å². The third-order valence-electron chi connectivity index (χ3n) is 5.05. The van der Waals surface area contributed by atoms with Crippen LogP contribution in [0.1, 0.15) is 57.4 Å². The van der Waals surface area contributed by atoms with Crippen LogP contribution in [0, 0.1) is 12.3 Å². The van der Waals surface area contributed by atoms with Gasteiger partial charge >= 0.3 is 16.1 Å². The van der Waals surface area contributed by atoms with Crippen LogP contribution in [0.2, 0.25) is 0 Å². The van der Waals surface area contributed by atoms with Crippen molar-refractivity contribution in [3.63, 3.8) is 0 Å². The fraction of sp³-hybridized carbons (Fsp3) is 0.524. The summed E-state index contributed by atoms with van der Waals surface area (Å²) in [6, 6.07) is 6.35. The number of ether oxygens (including phenoxy) is 1. The van der Waals surface area contributed by atoms with Gasteiger partial charge in [-0.25, -0.2) is 0 Å². The predicted octanol–water partition coefficient (Wildman–Crippen LogP) is 4.54. The molecule has 1 saturated carbocycles. The molecule has 1 aliphatic rings. The van der Waals surface area contributed by atoms with E-state index in [9.17, 15) is 13.2 Å². The number of esters is 1. The van der Waals surface area contributed by atoms with E-state index in [1.54, 1.807) is 19.1 Å². The lowest BCUT2D eigenvalue weighted by Crippen LogP contribution is -2.37. The number of carbonyl (C=O) groups is 1. The number of rotatable bonds is 10. The van der Waals surface area contributed by atoms with E-state index < -0.39 is 15.5 Å². The molecular formula is C21H29NO5S. The molecule has 0 N–H and O–H groups in total. The highest BCUT2D eigenvalue weighted by molar-refractivity contribution is 7.86. The first-order chi connectivity index (χ1) is 13.4. The smallest absolute Gasteiger partial charge is 0.358 e. The number of nitrogens with zero attached hydrogens (tertiary/aromatic N) is 1. The Hall–Kier alpha value is -2.15. The second kappa shape index (κ2) is 9.87. The zero-order chi connectivity index (χ0) is 20.6. The quantitative estimate of drug-likeness (QED) is 0.246. The number of allylic oxidation sites excluding steroid dienone is 1. The van der Waals surface area contributed by atoms with E-state index in [0.29, 0.717) is 25.0 Å². The van der Waals surface area contributed by atoms with Gasteiger partial charge in [-0.3, -0.25) is 9.08 Å². The van der Waals surface area contributed by atoms with Crippen molar-refractivity contribution in [2.24, 2.45) is 10.6 Å². The fourth-order valence-electron chi connectivity index (χ4n) is 3.49. The van der Waals surface area contributed by atoms with Gasteiger partial charge in [0.15, 0.2) is 0 Å². The van der Waals surface area contributed by atoms with Crippen molar-refractivity contribution in [1.82, 2.24) is 0 Å². The second-order valence-corrected chi connectivity index (χ2v) is 8.60. The monoisotopic (exact) mass is 407 g/mol. The summed E-state index contributed by atoms with van der Waals surface area (Å²) in [4.78, 5) is 12.8. The largest absolute Gasteiger partial charge is 0.465 e. The van der Waals surface area contributed by atoms with Crippen molar-refractivity contribution in [3.05, 3.63) is 42.5 Å². The highest BCUT2D eigenvalue weighted by atomic mass is 32.2. The summed E-state index contributed by atoms with van der Waals surface area (Å²) in [6.45, 7) is 7.61. The van der Waals surface area contributed by atoms with E-state index in [1.807, 2.05) is 13.0 Å². The minimum Gasteiger partial charge on any atom is -0.465 e. The number of aryl methyl sites for hydroxylation is 1. The van der Waals surface area contributed by atoms with Crippen LogP contribution >= 0.6 is 0 Å². The van der Waals surface area contributed by atoms with Crippen LogP contribution in [0.25, 0.3) is 0 Å². The zero-order valence-corrected chi connectivity index (χ0v) is 17.5. The van der Waals surface area contributed by atoms with Crippen LogP contribution in [0.4, 0.5) is 0 Å². The topological polar surface area (TPSA) is 82.0 Å². The highest BCUT2D eigenvalue weighted by Crippen LogP contribution is 2.42. The molecule has 0 aromatic heterocycles. The third-order valence-corrected chi connectivity index (χ3v) is 6.17. The molecule has 0 radical (unpaired) electrons. The molecule has 6 nitrogen and oxygen atoms in total. The van der Waals surface area contributed by atoms with Crippen LogP contribution in [-0.4, -0.2) is 26.7 Å². The minimum atomic E-state index is -4.03. The molecule has 0 heterocycles. The molecule has 0 spiro atoms. The summed E-state index contributed by atoms with van der Waals surface area (Å²) < 4.78 is 35.2. The molecular weight excluding hydrogens is 378 g/mol. The van der Waals surface area contributed by atoms with E-state index in [2.05, 4.69) is 11.7 Å². The van der Waals surface area contributed by atoms with Gasteiger partial charge in [0, 0.05) is 0 Å². The third kappa shape index (κ3) is 5.22. The first-order valence-corrected chi connectivity index (χ1v) is 11.1. The minimum absolute atomic E-state index is 0.0353. The van der Waals surface area contributed by atoms with E-state index in [-0.39, 0.29) is 17.5 Å². The molecule has 0 saturated heterocycles. The number of hydrogen-bond donors (Lipinski definition) is 0. The standard InChI is InChI=1S/C21H29NO5S/c1-4-6-7-8-15-21(20(23)26-5-2)16-9-10-19(21)22-27-28(24,25)18-13-11-17(3)12-14-18/h4,11-14H,1,5-10,15-16H2,2-3H3/b22-19+/t21-/m0/s1. The molecule has 154 valence electrons.